The molecule has 0 aliphatic carbocycles. The van der Waals surface area contributed by atoms with Crippen molar-refractivity contribution < 1.29 is 9.53 Å². The number of carbonyl (C=O) groups excluding carboxylic acids is 1. The van der Waals surface area contributed by atoms with Crippen molar-refractivity contribution in [2.24, 2.45) is 0 Å². The monoisotopic (exact) mass is 200 g/mol. The SMILES string of the molecule is CC(=O)OCc1ccc2ccccc2c1. The molecule has 2 aromatic carbocycles. The molecule has 0 aliphatic rings. The molecule has 2 aromatic rings. The predicted octanol–water partition coefficient (Wildman–Crippen LogP) is 2.90. The number of hydrogen-bond acceptors (Lipinski definition) is 2. The summed E-state index contributed by atoms with van der Waals surface area (Å²) in [5.41, 5.74) is 1.02. The summed E-state index contributed by atoms with van der Waals surface area (Å²) in [4.78, 5) is 10.7. The van der Waals surface area contributed by atoms with E-state index in [0.717, 1.165) is 5.56 Å². The first-order valence-electron chi connectivity index (χ1n) is 4.87. The molecule has 0 unspecified atom stereocenters. The molecule has 0 fully saturated rings. The van der Waals surface area contributed by atoms with Gasteiger partial charge in [-0.05, 0) is 22.4 Å². The molecule has 0 saturated heterocycles. The Kier molecular flexibility index (Phi) is 2.68. The van der Waals surface area contributed by atoms with E-state index in [2.05, 4.69) is 6.07 Å². The zero-order valence-corrected chi connectivity index (χ0v) is 8.57. The quantitative estimate of drug-likeness (QED) is 0.697. The normalized spacial score (nSPS) is 10.2. The van der Waals surface area contributed by atoms with Crippen LogP contribution >= 0.6 is 0 Å². The maximum Gasteiger partial charge on any atom is 0.302 e. The third kappa shape index (κ3) is 2.34. The van der Waals surface area contributed by atoms with E-state index in [0.29, 0.717) is 6.61 Å². The molecular weight excluding hydrogens is 188 g/mol. The summed E-state index contributed by atoms with van der Waals surface area (Å²) < 4.78 is 4.94. The summed E-state index contributed by atoms with van der Waals surface area (Å²) in [5.74, 6) is -0.247. The van der Waals surface area contributed by atoms with Crippen LogP contribution in [0.5, 0.6) is 0 Å². The highest BCUT2D eigenvalue weighted by molar-refractivity contribution is 5.83. The highest BCUT2D eigenvalue weighted by Gasteiger charge is 1.98. The summed E-state index contributed by atoms with van der Waals surface area (Å²) in [6.07, 6.45) is 0. The van der Waals surface area contributed by atoms with Crippen molar-refractivity contribution in [1.82, 2.24) is 0 Å². The molecule has 0 atom stereocenters. The molecule has 0 amide bonds. The summed E-state index contributed by atoms with van der Waals surface area (Å²) in [6, 6.07) is 14.2. The minimum atomic E-state index is -0.247. The maximum atomic E-state index is 10.7. The van der Waals surface area contributed by atoms with Crippen molar-refractivity contribution in [3.8, 4) is 0 Å². The molecule has 0 saturated carbocycles. The van der Waals surface area contributed by atoms with E-state index < -0.39 is 0 Å². The minimum Gasteiger partial charge on any atom is -0.461 e. The average Bonchev–Trinajstić information content (AvgIpc) is 2.26. The van der Waals surface area contributed by atoms with Crippen LogP contribution in [0.15, 0.2) is 42.5 Å². The van der Waals surface area contributed by atoms with Gasteiger partial charge in [-0.3, -0.25) is 4.79 Å². The first-order valence-corrected chi connectivity index (χ1v) is 4.87. The molecular formula is C13H12O2. The maximum absolute atomic E-state index is 10.7. The third-order valence-corrected chi connectivity index (χ3v) is 2.26. The lowest BCUT2D eigenvalue weighted by atomic mass is 10.1. The Morgan fingerprint density at radius 2 is 1.87 bits per heavy atom. The van der Waals surface area contributed by atoms with E-state index in [-0.39, 0.29) is 5.97 Å². The minimum absolute atomic E-state index is 0.247. The number of esters is 1. The van der Waals surface area contributed by atoms with Crippen LogP contribution in [0.4, 0.5) is 0 Å². The molecule has 2 rings (SSSR count). The van der Waals surface area contributed by atoms with Gasteiger partial charge in [0.15, 0.2) is 0 Å². The van der Waals surface area contributed by atoms with E-state index in [9.17, 15) is 4.79 Å². The summed E-state index contributed by atoms with van der Waals surface area (Å²) in [7, 11) is 0. The van der Waals surface area contributed by atoms with Gasteiger partial charge in [0, 0.05) is 6.92 Å². The first-order chi connectivity index (χ1) is 7.25. The average molecular weight is 200 g/mol. The zero-order chi connectivity index (χ0) is 10.7. The van der Waals surface area contributed by atoms with Gasteiger partial charge in [0.05, 0.1) is 0 Å². The van der Waals surface area contributed by atoms with Gasteiger partial charge >= 0.3 is 5.97 Å². The molecule has 2 heteroatoms. The Balaban J connectivity index is 2.26. The topological polar surface area (TPSA) is 26.3 Å². The standard InChI is InChI=1S/C13H12O2/c1-10(14)15-9-11-6-7-12-4-2-3-5-13(12)8-11/h2-8H,9H2,1H3. The third-order valence-electron chi connectivity index (χ3n) is 2.26. The zero-order valence-electron chi connectivity index (χ0n) is 8.57. The fourth-order valence-corrected chi connectivity index (χ4v) is 1.51. The van der Waals surface area contributed by atoms with Crippen molar-refractivity contribution >= 4 is 16.7 Å². The number of benzene rings is 2. The Labute approximate surface area is 88.5 Å². The van der Waals surface area contributed by atoms with E-state index >= 15 is 0 Å². The smallest absolute Gasteiger partial charge is 0.302 e. The van der Waals surface area contributed by atoms with Crippen molar-refractivity contribution in [1.29, 1.82) is 0 Å². The number of fused-ring (bicyclic) bond motifs is 1. The van der Waals surface area contributed by atoms with Crippen molar-refractivity contribution in [3.63, 3.8) is 0 Å². The van der Waals surface area contributed by atoms with E-state index in [1.807, 2.05) is 36.4 Å². The van der Waals surface area contributed by atoms with Crippen LogP contribution in [-0.2, 0) is 16.1 Å². The van der Waals surface area contributed by atoms with E-state index in [4.69, 9.17) is 4.74 Å². The van der Waals surface area contributed by atoms with Crippen LogP contribution in [0.1, 0.15) is 12.5 Å². The van der Waals surface area contributed by atoms with Gasteiger partial charge in [0.1, 0.15) is 6.61 Å². The molecule has 0 radical (unpaired) electrons. The molecule has 0 heterocycles. The Hall–Kier alpha value is -1.83. The Morgan fingerprint density at radius 1 is 1.13 bits per heavy atom. The van der Waals surface area contributed by atoms with Crippen LogP contribution in [0.3, 0.4) is 0 Å². The molecule has 0 aromatic heterocycles. The number of hydrogen-bond donors (Lipinski definition) is 0. The van der Waals surface area contributed by atoms with Gasteiger partial charge in [-0.25, -0.2) is 0 Å². The second kappa shape index (κ2) is 4.13. The largest absolute Gasteiger partial charge is 0.461 e. The van der Waals surface area contributed by atoms with Crippen molar-refractivity contribution in [2.75, 3.05) is 0 Å². The molecule has 0 N–H and O–H groups in total. The van der Waals surface area contributed by atoms with Crippen LogP contribution in [0.2, 0.25) is 0 Å². The summed E-state index contributed by atoms with van der Waals surface area (Å²) in [6.45, 7) is 1.77. The van der Waals surface area contributed by atoms with E-state index in [1.165, 1.54) is 17.7 Å². The molecule has 2 nitrogen and oxygen atoms in total. The molecule has 76 valence electrons. The molecule has 0 bridgehead atoms. The molecule has 0 spiro atoms. The first kappa shape index (κ1) is 9.71. The van der Waals surface area contributed by atoms with Crippen LogP contribution in [0.25, 0.3) is 10.8 Å². The van der Waals surface area contributed by atoms with Gasteiger partial charge in [0.25, 0.3) is 0 Å². The summed E-state index contributed by atoms with van der Waals surface area (Å²) >= 11 is 0. The fourth-order valence-electron chi connectivity index (χ4n) is 1.51. The Bertz CT molecular complexity index is 489. The molecule has 15 heavy (non-hydrogen) atoms. The van der Waals surface area contributed by atoms with Crippen LogP contribution < -0.4 is 0 Å². The lowest BCUT2D eigenvalue weighted by Crippen LogP contribution is -1.98. The lowest BCUT2D eigenvalue weighted by Gasteiger charge is -2.03. The van der Waals surface area contributed by atoms with Gasteiger partial charge in [-0.1, -0.05) is 36.4 Å². The van der Waals surface area contributed by atoms with Crippen molar-refractivity contribution in [2.45, 2.75) is 13.5 Å². The number of ether oxygens (including phenoxy) is 1. The van der Waals surface area contributed by atoms with Crippen molar-refractivity contribution in [3.05, 3.63) is 48.0 Å². The van der Waals surface area contributed by atoms with E-state index in [1.54, 1.807) is 0 Å². The highest BCUT2D eigenvalue weighted by Crippen LogP contribution is 2.16. The van der Waals surface area contributed by atoms with Gasteiger partial charge in [0.2, 0.25) is 0 Å². The Morgan fingerprint density at radius 3 is 2.60 bits per heavy atom. The van der Waals surface area contributed by atoms with Crippen LogP contribution in [-0.4, -0.2) is 5.97 Å². The fraction of sp³-hybridized carbons (Fsp3) is 0.154. The van der Waals surface area contributed by atoms with Crippen LogP contribution in [0, 0.1) is 0 Å². The van der Waals surface area contributed by atoms with Gasteiger partial charge < -0.3 is 4.74 Å². The second-order valence-electron chi connectivity index (χ2n) is 3.46. The number of rotatable bonds is 2. The highest BCUT2D eigenvalue weighted by atomic mass is 16.5. The predicted molar refractivity (Wildman–Crippen MR) is 59.4 cm³/mol. The second-order valence-corrected chi connectivity index (χ2v) is 3.46. The van der Waals surface area contributed by atoms with Gasteiger partial charge in [-0.15, -0.1) is 0 Å². The lowest BCUT2D eigenvalue weighted by molar-refractivity contribution is -0.142. The molecule has 0 aliphatic heterocycles. The summed E-state index contributed by atoms with van der Waals surface area (Å²) in [5, 5.41) is 2.37. The van der Waals surface area contributed by atoms with Gasteiger partial charge in [-0.2, -0.15) is 0 Å². The number of carbonyl (C=O) groups is 1.